The van der Waals surface area contributed by atoms with Crippen LogP contribution in [0.3, 0.4) is 0 Å². The maximum absolute atomic E-state index is 10.6. The van der Waals surface area contributed by atoms with E-state index in [2.05, 4.69) is 10.0 Å². The van der Waals surface area contributed by atoms with Crippen molar-refractivity contribution >= 4 is 5.97 Å². The molecule has 0 bridgehead atoms. The van der Waals surface area contributed by atoms with E-state index in [1.807, 2.05) is 27.7 Å². The van der Waals surface area contributed by atoms with Crippen LogP contribution < -0.4 is 0 Å². The standard InChI is InChI=1S/C11H21N3O3/c1-8(17-11(3,4)5)10(13-14-12)6-7-16-9(2)15/h8,10H,6-7H2,1-5H3/t8-,10-/m1/s1. The molecule has 0 aromatic carbocycles. The monoisotopic (exact) mass is 243 g/mol. The largest absolute Gasteiger partial charge is 0.466 e. The number of ether oxygens (including phenoxy) is 2. The molecular weight excluding hydrogens is 222 g/mol. The second-order valence-corrected chi connectivity index (χ2v) is 4.84. The van der Waals surface area contributed by atoms with Gasteiger partial charge in [0, 0.05) is 11.8 Å². The third-order valence-electron chi connectivity index (χ3n) is 2.00. The number of esters is 1. The smallest absolute Gasteiger partial charge is 0.302 e. The number of carbonyl (C=O) groups is 1. The summed E-state index contributed by atoms with van der Waals surface area (Å²) in [4.78, 5) is 13.4. The third-order valence-corrected chi connectivity index (χ3v) is 2.00. The number of nitrogens with zero attached hydrogens (tertiary/aromatic N) is 3. The Balaban J connectivity index is 4.31. The van der Waals surface area contributed by atoms with Crippen LogP contribution in [0, 0.1) is 0 Å². The first kappa shape index (κ1) is 15.7. The maximum atomic E-state index is 10.6. The quantitative estimate of drug-likeness (QED) is 0.311. The highest BCUT2D eigenvalue weighted by atomic mass is 16.5. The van der Waals surface area contributed by atoms with E-state index in [4.69, 9.17) is 15.0 Å². The van der Waals surface area contributed by atoms with Gasteiger partial charge in [-0.3, -0.25) is 4.79 Å². The van der Waals surface area contributed by atoms with Gasteiger partial charge >= 0.3 is 5.97 Å². The van der Waals surface area contributed by atoms with Gasteiger partial charge in [-0.1, -0.05) is 5.11 Å². The molecule has 0 unspecified atom stereocenters. The average Bonchev–Trinajstić information content (AvgIpc) is 2.13. The Morgan fingerprint density at radius 1 is 1.47 bits per heavy atom. The summed E-state index contributed by atoms with van der Waals surface area (Å²) in [5, 5.41) is 3.67. The van der Waals surface area contributed by atoms with E-state index < -0.39 is 0 Å². The van der Waals surface area contributed by atoms with Gasteiger partial charge in [0.2, 0.25) is 0 Å². The highest BCUT2D eigenvalue weighted by Crippen LogP contribution is 2.17. The molecule has 0 saturated heterocycles. The van der Waals surface area contributed by atoms with Crippen LogP contribution in [0.2, 0.25) is 0 Å². The molecule has 98 valence electrons. The summed E-state index contributed by atoms with van der Waals surface area (Å²) in [7, 11) is 0. The third kappa shape index (κ3) is 8.54. The fourth-order valence-electron chi connectivity index (χ4n) is 1.41. The lowest BCUT2D eigenvalue weighted by atomic mass is 10.1. The van der Waals surface area contributed by atoms with E-state index in [1.54, 1.807) is 0 Å². The number of hydrogen-bond acceptors (Lipinski definition) is 4. The Morgan fingerprint density at radius 3 is 2.47 bits per heavy atom. The molecule has 0 amide bonds. The minimum atomic E-state index is -0.339. The first-order chi connectivity index (χ1) is 7.76. The van der Waals surface area contributed by atoms with Crippen molar-refractivity contribution < 1.29 is 14.3 Å². The summed E-state index contributed by atoms with van der Waals surface area (Å²) in [6.07, 6.45) is 0.238. The molecule has 6 heteroatoms. The van der Waals surface area contributed by atoms with E-state index in [1.165, 1.54) is 6.92 Å². The lowest BCUT2D eigenvalue weighted by Gasteiger charge is -2.28. The van der Waals surface area contributed by atoms with Crippen molar-refractivity contribution in [3.05, 3.63) is 10.4 Å². The van der Waals surface area contributed by atoms with Crippen molar-refractivity contribution in [2.24, 2.45) is 5.11 Å². The normalized spacial score (nSPS) is 14.6. The fraction of sp³-hybridized carbons (Fsp3) is 0.909. The lowest BCUT2D eigenvalue weighted by Crippen LogP contribution is -2.33. The molecule has 0 N–H and O–H groups in total. The van der Waals surface area contributed by atoms with E-state index in [0.29, 0.717) is 6.42 Å². The summed E-state index contributed by atoms with van der Waals surface area (Å²) >= 11 is 0. The summed E-state index contributed by atoms with van der Waals surface area (Å²) < 4.78 is 10.5. The van der Waals surface area contributed by atoms with E-state index in [9.17, 15) is 4.79 Å². The zero-order valence-electron chi connectivity index (χ0n) is 11.1. The summed E-state index contributed by atoms with van der Waals surface area (Å²) in [6, 6.07) is -0.335. The molecule has 0 rings (SSSR count). The van der Waals surface area contributed by atoms with Gasteiger partial charge in [-0.05, 0) is 39.6 Å². The van der Waals surface area contributed by atoms with Gasteiger partial charge in [0.05, 0.1) is 24.4 Å². The first-order valence-electron chi connectivity index (χ1n) is 5.61. The van der Waals surface area contributed by atoms with Gasteiger partial charge in [0.15, 0.2) is 0 Å². The second kappa shape index (κ2) is 7.14. The molecule has 0 heterocycles. The van der Waals surface area contributed by atoms with Crippen LogP contribution in [0.25, 0.3) is 10.4 Å². The molecule has 0 aliphatic heterocycles. The van der Waals surface area contributed by atoms with Gasteiger partial charge in [0.25, 0.3) is 0 Å². The van der Waals surface area contributed by atoms with E-state index >= 15 is 0 Å². The van der Waals surface area contributed by atoms with Gasteiger partial charge in [0.1, 0.15) is 0 Å². The van der Waals surface area contributed by atoms with Crippen molar-refractivity contribution in [1.29, 1.82) is 0 Å². The van der Waals surface area contributed by atoms with E-state index in [-0.39, 0.29) is 30.3 Å². The number of azide groups is 1. The van der Waals surface area contributed by atoms with Gasteiger partial charge in [-0.2, -0.15) is 0 Å². The Bertz CT molecular complexity index is 293. The molecule has 0 aliphatic carbocycles. The van der Waals surface area contributed by atoms with Crippen LogP contribution in [0.15, 0.2) is 5.11 Å². The van der Waals surface area contributed by atoms with Gasteiger partial charge in [-0.25, -0.2) is 0 Å². The highest BCUT2D eigenvalue weighted by molar-refractivity contribution is 5.65. The Hall–Kier alpha value is -1.26. The van der Waals surface area contributed by atoms with Crippen molar-refractivity contribution in [1.82, 2.24) is 0 Å². The van der Waals surface area contributed by atoms with Gasteiger partial charge < -0.3 is 9.47 Å². The Kier molecular flexibility index (Phi) is 6.61. The van der Waals surface area contributed by atoms with Crippen LogP contribution in [-0.4, -0.2) is 30.3 Å². The zero-order chi connectivity index (χ0) is 13.5. The summed E-state index contributed by atoms with van der Waals surface area (Å²) in [5.41, 5.74) is 8.19. The molecule has 0 radical (unpaired) electrons. The fourth-order valence-corrected chi connectivity index (χ4v) is 1.41. The molecule has 6 nitrogen and oxygen atoms in total. The van der Waals surface area contributed by atoms with Crippen LogP contribution >= 0.6 is 0 Å². The van der Waals surface area contributed by atoms with Gasteiger partial charge in [-0.15, -0.1) is 0 Å². The summed E-state index contributed by atoms with van der Waals surface area (Å²) in [5.74, 6) is -0.339. The van der Waals surface area contributed by atoms with Crippen LogP contribution in [0.1, 0.15) is 41.0 Å². The predicted octanol–water partition coefficient (Wildman–Crippen LogP) is 2.82. The lowest BCUT2D eigenvalue weighted by molar-refractivity contribution is -0.141. The molecule has 17 heavy (non-hydrogen) atoms. The van der Waals surface area contributed by atoms with E-state index in [0.717, 1.165) is 0 Å². The number of hydrogen-bond donors (Lipinski definition) is 0. The molecule has 0 aromatic heterocycles. The van der Waals surface area contributed by atoms with Crippen molar-refractivity contribution in [3.8, 4) is 0 Å². The maximum Gasteiger partial charge on any atom is 0.302 e. The minimum absolute atomic E-state index is 0.221. The van der Waals surface area contributed by atoms with Crippen molar-refractivity contribution in [2.75, 3.05) is 6.61 Å². The minimum Gasteiger partial charge on any atom is -0.466 e. The molecular formula is C11H21N3O3. The van der Waals surface area contributed by atoms with Crippen molar-refractivity contribution in [2.45, 2.75) is 58.8 Å². The summed E-state index contributed by atoms with van der Waals surface area (Å²) in [6.45, 7) is 9.22. The van der Waals surface area contributed by atoms with Crippen LogP contribution in [-0.2, 0) is 14.3 Å². The molecule has 0 aliphatic rings. The van der Waals surface area contributed by atoms with Crippen LogP contribution in [0.4, 0.5) is 0 Å². The predicted molar refractivity (Wildman–Crippen MR) is 64.5 cm³/mol. The Labute approximate surface area is 102 Å². The molecule has 2 atom stereocenters. The molecule has 0 fully saturated rings. The molecule has 0 saturated carbocycles. The molecule has 0 aromatic rings. The highest BCUT2D eigenvalue weighted by Gasteiger charge is 2.22. The SMILES string of the molecule is CC(=O)OCC[C@@H](N=[N+]=[N-])[C@@H](C)OC(C)(C)C. The van der Waals surface area contributed by atoms with Crippen LogP contribution in [0.5, 0.6) is 0 Å². The number of rotatable bonds is 6. The Morgan fingerprint density at radius 2 is 2.06 bits per heavy atom. The average molecular weight is 243 g/mol. The second-order valence-electron chi connectivity index (χ2n) is 4.84. The topological polar surface area (TPSA) is 84.3 Å². The zero-order valence-corrected chi connectivity index (χ0v) is 11.1. The first-order valence-corrected chi connectivity index (χ1v) is 5.61. The molecule has 0 spiro atoms. The number of carbonyl (C=O) groups excluding carboxylic acids is 1. The van der Waals surface area contributed by atoms with Crippen molar-refractivity contribution in [3.63, 3.8) is 0 Å².